The summed E-state index contributed by atoms with van der Waals surface area (Å²) in [6.45, 7) is 0.524. The van der Waals surface area contributed by atoms with E-state index in [4.69, 9.17) is 9.84 Å². The highest BCUT2D eigenvalue weighted by atomic mass is 79.9. The van der Waals surface area contributed by atoms with Crippen molar-refractivity contribution >= 4 is 27.6 Å². The van der Waals surface area contributed by atoms with Gasteiger partial charge >= 0.3 is 5.97 Å². The number of methoxy groups -OCH3 is 1. The zero-order valence-electron chi connectivity index (χ0n) is 9.31. The second-order valence-electron chi connectivity index (χ2n) is 3.52. The molecule has 0 bridgehead atoms. The summed E-state index contributed by atoms with van der Waals surface area (Å²) >= 11 is 3.23. The van der Waals surface area contributed by atoms with Gasteiger partial charge in [0.15, 0.2) is 0 Å². The van der Waals surface area contributed by atoms with Gasteiger partial charge in [-0.05, 0) is 18.2 Å². The molecule has 3 N–H and O–H groups in total. The number of hydrogen-bond donors (Lipinski definition) is 3. The molecule has 0 saturated carbocycles. The first-order valence-electron chi connectivity index (χ1n) is 4.97. The molecule has 0 aromatic heterocycles. The van der Waals surface area contributed by atoms with E-state index >= 15 is 0 Å². The fraction of sp³-hybridized carbons (Fsp3) is 0.364. The van der Waals surface area contributed by atoms with E-state index in [1.165, 1.54) is 19.2 Å². The Morgan fingerprint density at radius 1 is 1.53 bits per heavy atom. The third-order valence-corrected chi connectivity index (χ3v) is 2.50. The van der Waals surface area contributed by atoms with Crippen LogP contribution in [0.4, 0.5) is 5.69 Å². The van der Waals surface area contributed by atoms with Crippen molar-refractivity contribution in [1.82, 2.24) is 0 Å². The number of benzene rings is 1. The van der Waals surface area contributed by atoms with Gasteiger partial charge in [0.25, 0.3) is 0 Å². The Hall–Kier alpha value is -1.11. The fourth-order valence-electron chi connectivity index (χ4n) is 1.30. The third kappa shape index (κ3) is 4.72. The van der Waals surface area contributed by atoms with Gasteiger partial charge in [-0.1, -0.05) is 15.9 Å². The topological polar surface area (TPSA) is 78.8 Å². The van der Waals surface area contributed by atoms with E-state index < -0.39 is 12.1 Å². The number of rotatable bonds is 6. The number of aliphatic hydroxyl groups is 1. The molecule has 1 atom stereocenters. The summed E-state index contributed by atoms with van der Waals surface area (Å²) in [5.74, 6) is -0.994. The molecule has 1 unspecified atom stereocenters. The van der Waals surface area contributed by atoms with Gasteiger partial charge in [-0.3, -0.25) is 0 Å². The fourth-order valence-corrected chi connectivity index (χ4v) is 1.80. The number of hydrogen-bond acceptors (Lipinski definition) is 4. The number of aliphatic hydroxyl groups excluding tert-OH is 1. The maximum atomic E-state index is 10.8. The van der Waals surface area contributed by atoms with E-state index in [0.29, 0.717) is 16.7 Å². The van der Waals surface area contributed by atoms with Gasteiger partial charge in [0.1, 0.15) is 0 Å². The molecule has 94 valence electrons. The van der Waals surface area contributed by atoms with Crippen LogP contribution in [0.5, 0.6) is 0 Å². The molecule has 0 fully saturated rings. The number of halogens is 1. The Bertz CT molecular complexity index is 397. The first-order valence-corrected chi connectivity index (χ1v) is 5.77. The summed E-state index contributed by atoms with van der Waals surface area (Å²) in [4.78, 5) is 10.8. The highest BCUT2D eigenvalue weighted by Crippen LogP contribution is 2.19. The molecule has 1 aromatic rings. The average Bonchev–Trinajstić information content (AvgIpc) is 2.26. The van der Waals surface area contributed by atoms with E-state index in [-0.39, 0.29) is 12.2 Å². The Morgan fingerprint density at radius 3 is 2.82 bits per heavy atom. The number of carboxylic acids is 1. The number of anilines is 1. The molecule has 0 aliphatic heterocycles. The molecular formula is C11H14BrNO4. The Labute approximate surface area is 108 Å². The summed E-state index contributed by atoms with van der Waals surface area (Å²) < 4.78 is 5.45. The first kappa shape index (κ1) is 14.0. The molecule has 0 aliphatic carbocycles. The van der Waals surface area contributed by atoms with Gasteiger partial charge in [-0.15, -0.1) is 0 Å². The minimum atomic E-state index is -0.994. The van der Waals surface area contributed by atoms with Crippen LogP contribution in [0.1, 0.15) is 10.4 Å². The standard InChI is InChI=1S/C11H14BrNO4/c1-17-6-10(14)5-13-9-3-7(11(15)16)2-8(12)4-9/h2-4,10,13-14H,5-6H2,1H3,(H,15,16). The Kier molecular flexibility index (Phi) is 5.40. The van der Waals surface area contributed by atoms with Crippen LogP contribution in [-0.2, 0) is 4.74 Å². The largest absolute Gasteiger partial charge is 0.478 e. The highest BCUT2D eigenvalue weighted by molar-refractivity contribution is 9.10. The molecule has 0 aliphatic rings. The quantitative estimate of drug-likeness (QED) is 0.743. The smallest absolute Gasteiger partial charge is 0.335 e. The van der Waals surface area contributed by atoms with E-state index in [1.54, 1.807) is 6.07 Å². The monoisotopic (exact) mass is 303 g/mol. The SMILES string of the molecule is COCC(O)CNc1cc(Br)cc(C(=O)O)c1. The minimum Gasteiger partial charge on any atom is -0.478 e. The molecule has 0 heterocycles. The molecule has 0 radical (unpaired) electrons. The molecule has 0 amide bonds. The number of carboxylic acid groups (broad SMARTS) is 1. The van der Waals surface area contributed by atoms with Crippen molar-refractivity contribution in [3.63, 3.8) is 0 Å². The van der Waals surface area contributed by atoms with Crippen molar-refractivity contribution < 1.29 is 19.7 Å². The predicted molar refractivity (Wildman–Crippen MR) is 67.5 cm³/mol. The summed E-state index contributed by atoms with van der Waals surface area (Å²) in [7, 11) is 1.50. The van der Waals surface area contributed by atoms with Crippen LogP contribution in [0, 0.1) is 0 Å². The zero-order valence-corrected chi connectivity index (χ0v) is 10.9. The summed E-state index contributed by atoms with van der Waals surface area (Å²) in [5, 5.41) is 21.3. The molecule has 1 aromatic carbocycles. The van der Waals surface area contributed by atoms with Crippen LogP contribution in [0.3, 0.4) is 0 Å². The van der Waals surface area contributed by atoms with Crippen LogP contribution in [-0.4, -0.2) is 42.5 Å². The van der Waals surface area contributed by atoms with Crippen LogP contribution >= 0.6 is 15.9 Å². The Balaban J connectivity index is 2.68. The van der Waals surface area contributed by atoms with E-state index in [0.717, 1.165) is 0 Å². The molecule has 1 rings (SSSR count). The van der Waals surface area contributed by atoms with Crippen molar-refractivity contribution in [2.45, 2.75) is 6.10 Å². The molecule has 6 heteroatoms. The maximum Gasteiger partial charge on any atom is 0.335 e. The number of carbonyl (C=O) groups is 1. The molecule has 5 nitrogen and oxygen atoms in total. The van der Waals surface area contributed by atoms with E-state index in [2.05, 4.69) is 21.2 Å². The maximum absolute atomic E-state index is 10.8. The third-order valence-electron chi connectivity index (χ3n) is 2.05. The van der Waals surface area contributed by atoms with Crippen molar-refractivity contribution in [3.8, 4) is 0 Å². The Morgan fingerprint density at radius 2 is 2.24 bits per heavy atom. The van der Waals surface area contributed by atoms with Crippen molar-refractivity contribution in [2.24, 2.45) is 0 Å². The minimum absolute atomic E-state index is 0.183. The number of ether oxygens (including phenoxy) is 1. The first-order chi connectivity index (χ1) is 8.02. The molecule has 17 heavy (non-hydrogen) atoms. The van der Waals surface area contributed by atoms with E-state index in [1.807, 2.05) is 0 Å². The van der Waals surface area contributed by atoms with Gasteiger partial charge in [0.2, 0.25) is 0 Å². The molecular weight excluding hydrogens is 290 g/mol. The van der Waals surface area contributed by atoms with Crippen LogP contribution in [0.15, 0.2) is 22.7 Å². The summed E-state index contributed by atoms with van der Waals surface area (Å²) in [6.07, 6.45) is -0.632. The van der Waals surface area contributed by atoms with Gasteiger partial charge < -0.3 is 20.3 Å². The highest BCUT2D eigenvalue weighted by Gasteiger charge is 2.07. The predicted octanol–water partition coefficient (Wildman–Crippen LogP) is 1.57. The normalized spacial score (nSPS) is 12.2. The van der Waals surface area contributed by atoms with Crippen LogP contribution < -0.4 is 5.32 Å². The molecule has 0 saturated heterocycles. The van der Waals surface area contributed by atoms with Gasteiger partial charge in [0, 0.05) is 23.8 Å². The van der Waals surface area contributed by atoms with Crippen molar-refractivity contribution in [2.75, 3.05) is 25.6 Å². The lowest BCUT2D eigenvalue weighted by Gasteiger charge is -2.12. The second kappa shape index (κ2) is 6.58. The molecule has 0 spiro atoms. The number of nitrogens with one attached hydrogen (secondary N) is 1. The lowest BCUT2D eigenvalue weighted by Crippen LogP contribution is -2.24. The lowest BCUT2D eigenvalue weighted by atomic mass is 10.2. The van der Waals surface area contributed by atoms with E-state index in [9.17, 15) is 9.90 Å². The summed E-state index contributed by atoms with van der Waals surface area (Å²) in [6, 6.07) is 4.76. The van der Waals surface area contributed by atoms with Crippen LogP contribution in [0.25, 0.3) is 0 Å². The number of aromatic carboxylic acids is 1. The van der Waals surface area contributed by atoms with Gasteiger partial charge in [-0.2, -0.15) is 0 Å². The van der Waals surface area contributed by atoms with Crippen molar-refractivity contribution in [3.05, 3.63) is 28.2 Å². The lowest BCUT2D eigenvalue weighted by molar-refractivity contribution is 0.0697. The second-order valence-corrected chi connectivity index (χ2v) is 4.44. The average molecular weight is 304 g/mol. The van der Waals surface area contributed by atoms with Gasteiger partial charge in [0.05, 0.1) is 18.3 Å². The van der Waals surface area contributed by atoms with Gasteiger partial charge in [-0.25, -0.2) is 4.79 Å². The zero-order chi connectivity index (χ0) is 12.8. The van der Waals surface area contributed by atoms with Crippen molar-refractivity contribution in [1.29, 1.82) is 0 Å². The summed E-state index contributed by atoms with van der Waals surface area (Å²) in [5.41, 5.74) is 0.815. The van der Waals surface area contributed by atoms with Crippen LogP contribution in [0.2, 0.25) is 0 Å².